The quantitative estimate of drug-likeness (QED) is 0.476. The van der Waals surface area contributed by atoms with Gasteiger partial charge < -0.3 is 0 Å². The average Bonchev–Trinajstić information content (AvgIpc) is 3.41. The first kappa shape index (κ1) is 20.2. The van der Waals surface area contributed by atoms with Crippen LogP contribution in [0.1, 0.15) is 58.7 Å². The second-order valence-electron chi connectivity index (χ2n) is 10.6. The number of hydrogen-bond acceptors (Lipinski definition) is 1. The lowest BCUT2D eigenvalue weighted by atomic mass is 9.73. The summed E-state index contributed by atoms with van der Waals surface area (Å²) in [5.41, 5.74) is 4.35. The van der Waals surface area contributed by atoms with Crippen molar-refractivity contribution >= 4 is 22.4 Å². The third-order valence-electron chi connectivity index (χ3n) is 7.60. The van der Waals surface area contributed by atoms with E-state index in [0.29, 0.717) is 11.8 Å². The summed E-state index contributed by atoms with van der Waals surface area (Å²) in [5, 5.41) is 5.28. The molecule has 0 radical (unpaired) electrons. The SMILES string of the molecule is CC=CC1(C2CC=c3ccccc3=C2c2nccc3ccc(C(C)(C)C)cc23)C[C@@H]1C. The number of fused-ring (bicyclic) bond motifs is 2. The molecule has 0 N–H and O–H groups in total. The van der Waals surface area contributed by atoms with Crippen molar-refractivity contribution in [2.45, 2.75) is 52.9 Å². The van der Waals surface area contributed by atoms with Crippen molar-refractivity contribution in [1.29, 1.82) is 0 Å². The summed E-state index contributed by atoms with van der Waals surface area (Å²) in [7, 11) is 0. The van der Waals surface area contributed by atoms with Crippen LogP contribution in [0.15, 0.2) is 66.9 Å². The van der Waals surface area contributed by atoms with Crippen molar-refractivity contribution in [3.63, 3.8) is 0 Å². The fourth-order valence-electron chi connectivity index (χ4n) is 5.72. The second-order valence-corrected chi connectivity index (χ2v) is 10.6. The van der Waals surface area contributed by atoms with Gasteiger partial charge in [0.1, 0.15) is 0 Å². The van der Waals surface area contributed by atoms with Crippen molar-refractivity contribution in [2.24, 2.45) is 17.3 Å². The maximum absolute atomic E-state index is 5.05. The summed E-state index contributed by atoms with van der Waals surface area (Å²) in [6.07, 6.45) is 11.5. The number of nitrogens with zero attached hydrogens (tertiary/aromatic N) is 1. The van der Waals surface area contributed by atoms with E-state index in [0.717, 1.165) is 6.42 Å². The summed E-state index contributed by atoms with van der Waals surface area (Å²) in [4.78, 5) is 5.05. The number of pyridine rings is 1. The number of allylic oxidation sites excluding steroid dienone is 2. The Morgan fingerprint density at radius 1 is 1.06 bits per heavy atom. The van der Waals surface area contributed by atoms with Crippen LogP contribution in [0.4, 0.5) is 0 Å². The molecular formula is C30H33N. The van der Waals surface area contributed by atoms with Crippen molar-refractivity contribution < 1.29 is 0 Å². The van der Waals surface area contributed by atoms with Crippen LogP contribution in [0.2, 0.25) is 0 Å². The van der Waals surface area contributed by atoms with Crippen LogP contribution in [0.5, 0.6) is 0 Å². The average molecular weight is 408 g/mol. The molecule has 158 valence electrons. The molecule has 0 amide bonds. The molecule has 3 atom stereocenters. The standard InChI is InChI=1S/C30H33N/c1-6-16-30(19-20(30)2)26-14-12-21-9-7-8-10-24(21)27(26)28-25-18-23(29(3,4)5)13-11-22(25)15-17-31-28/h6-13,15-18,20,26H,14,19H2,1-5H3/t20-,26?,30?/m0/s1. The van der Waals surface area contributed by atoms with Crippen LogP contribution in [0, 0.1) is 17.3 Å². The van der Waals surface area contributed by atoms with Crippen molar-refractivity contribution in [3.05, 3.63) is 88.6 Å². The zero-order chi connectivity index (χ0) is 21.8. The molecule has 1 heterocycles. The number of rotatable bonds is 3. The lowest BCUT2D eigenvalue weighted by Crippen LogP contribution is -2.36. The van der Waals surface area contributed by atoms with E-state index in [1.165, 1.54) is 44.5 Å². The third kappa shape index (κ3) is 3.26. The summed E-state index contributed by atoms with van der Waals surface area (Å²) in [5.74, 6) is 1.17. The predicted octanol–water partition coefficient (Wildman–Crippen LogP) is 6.13. The molecule has 1 aromatic heterocycles. The minimum Gasteiger partial charge on any atom is -0.256 e. The van der Waals surface area contributed by atoms with Crippen LogP contribution >= 0.6 is 0 Å². The largest absolute Gasteiger partial charge is 0.256 e. The lowest BCUT2D eigenvalue weighted by Gasteiger charge is -2.30. The molecule has 0 bridgehead atoms. The Morgan fingerprint density at radius 3 is 2.55 bits per heavy atom. The van der Waals surface area contributed by atoms with Gasteiger partial charge in [-0.3, -0.25) is 4.98 Å². The molecule has 1 fully saturated rings. The van der Waals surface area contributed by atoms with Crippen molar-refractivity contribution in [3.8, 4) is 0 Å². The molecule has 0 saturated heterocycles. The number of benzene rings is 2. The molecule has 1 saturated carbocycles. The zero-order valence-electron chi connectivity index (χ0n) is 19.4. The van der Waals surface area contributed by atoms with Gasteiger partial charge in [0.2, 0.25) is 0 Å². The molecule has 1 heteroatoms. The van der Waals surface area contributed by atoms with E-state index in [4.69, 9.17) is 4.98 Å². The maximum Gasteiger partial charge on any atom is 0.0749 e. The van der Waals surface area contributed by atoms with Gasteiger partial charge in [-0.05, 0) is 81.5 Å². The Hall–Kier alpha value is -2.67. The third-order valence-corrected chi connectivity index (χ3v) is 7.60. The first-order chi connectivity index (χ1) is 14.8. The van der Waals surface area contributed by atoms with Gasteiger partial charge in [-0.2, -0.15) is 0 Å². The Labute approximate surface area is 186 Å². The molecule has 0 aliphatic heterocycles. The monoisotopic (exact) mass is 407 g/mol. The smallest absolute Gasteiger partial charge is 0.0749 e. The highest BCUT2D eigenvalue weighted by Gasteiger charge is 2.55. The zero-order valence-corrected chi connectivity index (χ0v) is 19.4. The van der Waals surface area contributed by atoms with Crippen LogP contribution in [0.25, 0.3) is 22.4 Å². The van der Waals surface area contributed by atoms with Crippen molar-refractivity contribution in [1.82, 2.24) is 4.98 Å². The minimum absolute atomic E-state index is 0.112. The summed E-state index contributed by atoms with van der Waals surface area (Å²) in [6.45, 7) is 11.4. The van der Waals surface area contributed by atoms with Crippen LogP contribution in [-0.2, 0) is 5.41 Å². The Kier molecular flexibility index (Phi) is 4.70. The van der Waals surface area contributed by atoms with Crippen LogP contribution < -0.4 is 10.4 Å². The van der Waals surface area contributed by atoms with E-state index in [1.807, 2.05) is 6.20 Å². The Bertz CT molecular complexity index is 1300. The second kappa shape index (κ2) is 7.19. The van der Waals surface area contributed by atoms with Gasteiger partial charge in [0.15, 0.2) is 0 Å². The van der Waals surface area contributed by atoms with Crippen molar-refractivity contribution in [2.75, 3.05) is 0 Å². The fraction of sp³-hybridized carbons (Fsp3) is 0.367. The molecule has 3 aromatic rings. The normalized spacial score (nSPS) is 25.5. The summed E-state index contributed by atoms with van der Waals surface area (Å²) in [6, 6.07) is 18.0. The molecule has 31 heavy (non-hydrogen) atoms. The number of aromatic nitrogens is 1. The number of hydrogen-bond donors (Lipinski definition) is 0. The summed E-state index contributed by atoms with van der Waals surface area (Å²) >= 11 is 0. The highest BCUT2D eigenvalue weighted by Crippen LogP contribution is 2.62. The van der Waals surface area contributed by atoms with E-state index in [1.54, 1.807) is 0 Å². The maximum atomic E-state index is 5.05. The van der Waals surface area contributed by atoms with Gasteiger partial charge in [0.05, 0.1) is 5.69 Å². The van der Waals surface area contributed by atoms with E-state index >= 15 is 0 Å². The van der Waals surface area contributed by atoms with Crippen LogP contribution in [-0.4, -0.2) is 4.98 Å². The lowest BCUT2D eigenvalue weighted by molar-refractivity contribution is 0.443. The molecule has 2 aliphatic carbocycles. The van der Waals surface area contributed by atoms with Gasteiger partial charge in [-0.15, -0.1) is 0 Å². The minimum atomic E-state index is 0.112. The molecule has 2 unspecified atom stereocenters. The Balaban J connectivity index is 1.84. The van der Waals surface area contributed by atoms with Gasteiger partial charge >= 0.3 is 0 Å². The molecule has 1 nitrogen and oxygen atoms in total. The molecule has 2 aliphatic rings. The van der Waals surface area contributed by atoms with Gasteiger partial charge in [-0.25, -0.2) is 0 Å². The van der Waals surface area contributed by atoms with Gasteiger partial charge in [0, 0.05) is 11.6 Å². The molecular weight excluding hydrogens is 374 g/mol. The molecule has 5 rings (SSSR count). The fourth-order valence-corrected chi connectivity index (χ4v) is 5.72. The van der Waals surface area contributed by atoms with Crippen LogP contribution in [0.3, 0.4) is 0 Å². The first-order valence-corrected chi connectivity index (χ1v) is 11.7. The summed E-state index contributed by atoms with van der Waals surface area (Å²) < 4.78 is 0. The van der Waals surface area contributed by atoms with Gasteiger partial charge in [0.25, 0.3) is 0 Å². The van der Waals surface area contributed by atoms with E-state index in [-0.39, 0.29) is 10.8 Å². The van der Waals surface area contributed by atoms with E-state index < -0.39 is 0 Å². The van der Waals surface area contributed by atoms with Gasteiger partial charge in [-0.1, -0.05) is 82.3 Å². The highest BCUT2D eigenvalue weighted by atomic mass is 14.7. The first-order valence-electron chi connectivity index (χ1n) is 11.7. The topological polar surface area (TPSA) is 12.9 Å². The van der Waals surface area contributed by atoms with E-state index in [9.17, 15) is 0 Å². The predicted molar refractivity (Wildman–Crippen MR) is 132 cm³/mol. The highest BCUT2D eigenvalue weighted by molar-refractivity contribution is 5.93. The Morgan fingerprint density at radius 2 is 1.84 bits per heavy atom. The van der Waals surface area contributed by atoms with E-state index in [2.05, 4.69) is 101 Å². The molecule has 0 spiro atoms. The molecule has 2 aromatic carbocycles.